The minimum Gasteiger partial charge on any atom is -0.469 e. The number of fused-ring (bicyclic) bond motifs is 1. The maximum absolute atomic E-state index is 11.3. The van der Waals surface area contributed by atoms with Gasteiger partial charge in [0.2, 0.25) is 0 Å². The lowest BCUT2D eigenvalue weighted by Crippen LogP contribution is -2.25. The third kappa shape index (κ3) is 2.78. The normalized spacial score (nSPS) is 17.8. The molecule has 0 aromatic heterocycles. The Morgan fingerprint density at radius 3 is 3.00 bits per heavy atom. The van der Waals surface area contributed by atoms with Crippen molar-refractivity contribution in [3.63, 3.8) is 0 Å². The van der Waals surface area contributed by atoms with Crippen molar-refractivity contribution in [3.8, 4) is 0 Å². The second kappa shape index (κ2) is 5.61. The molecular formula is C14H18ClNO2. The molecule has 0 spiro atoms. The summed E-state index contributed by atoms with van der Waals surface area (Å²) in [6, 6.07) is 4.40. The van der Waals surface area contributed by atoms with E-state index in [0.717, 1.165) is 30.5 Å². The van der Waals surface area contributed by atoms with Gasteiger partial charge in [-0.25, -0.2) is 0 Å². The first-order valence-electron chi connectivity index (χ1n) is 6.28. The van der Waals surface area contributed by atoms with E-state index in [4.69, 9.17) is 11.6 Å². The number of hydrogen-bond acceptors (Lipinski definition) is 3. The number of benzene rings is 1. The summed E-state index contributed by atoms with van der Waals surface area (Å²) in [4.78, 5) is 11.3. The fraction of sp³-hybridized carbons (Fsp3) is 0.500. The minimum atomic E-state index is -0.235. The van der Waals surface area contributed by atoms with E-state index >= 15 is 0 Å². The standard InChI is InChI=1S/C14H18ClNO2/c1-3-11-5-4-10-6-9(8-13(17)18-2)7-12(15)14(10)16-11/h6-7,11,16H,3-5,8H2,1-2H3. The van der Waals surface area contributed by atoms with Gasteiger partial charge in [0.15, 0.2) is 0 Å². The fourth-order valence-corrected chi connectivity index (χ4v) is 2.65. The van der Waals surface area contributed by atoms with Crippen LogP contribution in [-0.2, 0) is 22.4 Å². The SMILES string of the molecule is CCC1CCc2cc(CC(=O)OC)cc(Cl)c2N1. The molecule has 1 heterocycles. The first kappa shape index (κ1) is 13.2. The highest BCUT2D eigenvalue weighted by Gasteiger charge is 2.19. The van der Waals surface area contributed by atoms with E-state index in [9.17, 15) is 4.79 Å². The summed E-state index contributed by atoms with van der Waals surface area (Å²) in [6.07, 6.45) is 3.50. The van der Waals surface area contributed by atoms with E-state index in [1.807, 2.05) is 6.07 Å². The van der Waals surface area contributed by atoms with Crippen molar-refractivity contribution in [3.05, 3.63) is 28.3 Å². The van der Waals surface area contributed by atoms with Gasteiger partial charge in [0.1, 0.15) is 0 Å². The van der Waals surface area contributed by atoms with Crippen LogP contribution in [0.4, 0.5) is 5.69 Å². The molecule has 0 bridgehead atoms. The smallest absolute Gasteiger partial charge is 0.309 e. The van der Waals surface area contributed by atoms with E-state index < -0.39 is 0 Å². The van der Waals surface area contributed by atoms with Crippen molar-refractivity contribution in [2.24, 2.45) is 0 Å². The van der Waals surface area contributed by atoms with E-state index in [2.05, 4.69) is 23.0 Å². The zero-order valence-electron chi connectivity index (χ0n) is 10.8. The Balaban J connectivity index is 2.24. The second-order valence-electron chi connectivity index (χ2n) is 4.65. The molecule has 1 atom stereocenters. The van der Waals surface area contributed by atoms with E-state index in [-0.39, 0.29) is 12.4 Å². The maximum Gasteiger partial charge on any atom is 0.309 e. The van der Waals surface area contributed by atoms with Gasteiger partial charge in [-0.3, -0.25) is 4.79 Å². The average Bonchev–Trinajstić information content (AvgIpc) is 2.38. The van der Waals surface area contributed by atoms with E-state index in [0.29, 0.717) is 11.1 Å². The van der Waals surface area contributed by atoms with Crippen LogP contribution in [0.5, 0.6) is 0 Å². The molecule has 1 aromatic carbocycles. The van der Waals surface area contributed by atoms with Crippen LogP contribution >= 0.6 is 11.6 Å². The quantitative estimate of drug-likeness (QED) is 0.855. The average molecular weight is 268 g/mol. The molecule has 1 aromatic rings. The molecule has 1 N–H and O–H groups in total. The van der Waals surface area contributed by atoms with Gasteiger partial charge in [0, 0.05) is 6.04 Å². The van der Waals surface area contributed by atoms with Gasteiger partial charge in [0.05, 0.1) is 24.2 Å². The van der Waals surface area contributed by atoms with Crippen molar-refractivity contribution >= 4 is 23.3 Å². The van der Waals surface area contributed by atoms with Gasteiger partial charge in [0.25, 0.3) is 0 Å². The Bertz CT molecular complexity index is 459. The Labute approximate surface area is 112 Å². The molecular weight excluding hydrogens is 250 g/mol. The van der Waals surface area contributed by atoms with Crippen LogP contribution in [0.15, 0.2) is 12.1 Å². The molecule has 1 aliphatic heterocycles. The van der Waals surface area contributed by atoms with Crippen LogP contribution in [0.1, 0.15) is 30.9 Å². The largest absolute Gasteiger partial charge is 0.469 e. The summed E-state index contributed by atoms with van der Waals surface area (Å²) in [6.45, 7) is 2.17. The van der Waals surface area contributed by atoms with E-state index in [1.54, 1.807) is 0 Å². The Morgan fingerprint density at radius 1 is 1.56 bits per heavy atom. The molecule has 0 amide bonds. The number of carbonyl (C=O) groups is 1. The highest BCUT2D eigenvalue weighted by molar-refractivity contribution is 6.33. The molecule has 0 radical (unpaired) electrons. The fourth-order valence-electron chi connectivity index (χ4n) is 2.34. The Morgan fingerprint density at radius 2 is 2.33 bits per heavy atom. The van der Waals surface area contributed by atoms with Gasteiger partial charge >= 0.3 is 5.97 Å². The molecule has 2 rings (SSSR count). The van der Waals surface area contributed by atoms with Gasteiger partial charge in [-0.1, -0.05) is 24.6 Å². The van der Waals surface area contributed by atoms with E-state index in [1.165, 1.54) is 12.7 Å². The monoisotopic (exact) mass is 267 g/mol. The van der Waals surface area contributed by atoms with Crippen molar-refractivity contribution in [2.45, 2.75) is 38.6 Å². The third-order valence-electron chi connectivity index (χ3n) is 3.41. The molecule has 0 saturated heterocycles. The first-order valence-corrected chi connectivity index (χ1v) is 6.66. The molecule has 3 nitrogen and oxygen atoms in total. The molecule has 98 valence electrons. The van der Waals surface area contributed by atoms with Crippen LogP contribution in [0.2, 0.25) is 5.02 Å². The molecule has 1 aliphatic rings. The third-order valence-corrected chi connectivity index (χ3v) is 3.71. The molecule has 0 saturated carbocycles. The molecule has 0 aliphatic carbocycles. The number of ether oxygens (including phenoxy) is 1. The predicted octanol–water partition coefficient (Wildman–Crippen LogP) is 3.19. The lowest BCUT2D eigenvalue weighted by Gasteiger charge is -2.27. The number of nitrogens with one attached hydrogen (secondary N) is 1. The summed E-state index contributed by atoms with van der Waals surface area (Å²) in [5.74, 6) is -0.235. The summed E-state index contributed by atoms with van der Waals surface area (Å²) < 4.78 is 4.67. The van der Waals surface area contributed by atoms with Crippen LogP contribution in [0.3, 0.4) is 0 Å². The van der Waals surface area contributed by atoms with Gasteiger partial charge in [-0.05, 0) is 36.5 Å². The van der Waals surface area contributed by atoms with Crippen LogP contribution in [0, 0.1) is 0 Å². The molecule has 0 fully saturated rings. The van der Waals surface area contributed by atoms with Gasteiger partial charge < -0.3 is 10.1 Å². The number of methoxy groups -OCH3 is 1. The lowest BCUT2D eigenvalue weighted by molar-refractivity contribution is -0.139. The zero-order valence-corrected chi connectivity index (χ0v) is 11.5. The van der Waals surface area contributed by atoms with Crippen LogP contribution < -0.4 is 5.32 Å². The Hall–Kier alpha value is -1.22. The predicted molar refractivity (Wildman–Crippen MR) is 73.2 cm³/mol. The number of rotatable bonds is 3. The Kier molecular flexibility index (Phi) is 4.12. The van der Waals surface area contributed by atoms with Crippen LogP contribution in [-0.4, -0.2) is 19.1 Å². The van der Waals surface area contributed by atoms with Crippen molar-refractivity contribution in [2.75, 3.05) is 12.4 Å². The summed E-state index contributed by atoms with van der Waals surface area (Å²) in [5.41, 5.74) is 3.15. The topological polar surface area (TPSA) is 38.3 Å². The lowest BCUT2D eigenvalue weighted by atomic mass is 9.94. The highest BCUT2D eigenvalue weighted by atomic mass is 35.5. The van der Waals surface area contributed by atoms with Crippen molar-refractivity contribution in [1.29, 1.82) is 0 Å². The summed E-state index contributed by atoms with van der Waals surface area (Å²) in [7, 11) is 1.40. The van der Waals surface area contributed by atoms with Crippen molar-refractivity contribution < 1.29 is 9.53 Å². The summed E-state index contributed by atoms with van der Waals surface area (Å²) >= 11 is 6.28. The maximum atomic E-state index is 11.3. The minimum absolute atomic E-state index is 0.235. The van der Waals surface area contributed by atoms with Gasteiger partial charge in [-0.2, -0.15) is 0 Å². The number of anilines is 1. The number of carbonyl (C=O) groups excluding carboxylic acids is 1. The molecule has 4 heteroatoms. The number of halogens is 1. The molecule has 18 heavy (non-hydrogen) atoms. The zero-order chi connectivity index (χ0) is 13.1. The molecule has 1 unspecified atom stereocenters. The highest BCUT2D eigenvalue weighted by Crippen LogP contribution is 2.34. The first-order chi connectivity index (χ1) is 8.63. The van der Waals surface area contributed by atoms with Gasteiger partial charge in [-0.15, -0.1) is 0 Å². The second-order valence-corrected chi connectivity index (χ2v) is 5.06. The van der Waals surface area contributed by atoms with Crippen molar-refractivity contribution in [1.82, 2.24) is 0 Å². The number of esters is 1. The number of aryl methyl sites for hydroxylation is 1. The number of hydrogen-bond donors (Lipinski definition) is 1. The van der Waals surface area contributed by atoms with Crippen LogP contribution in [0.25, 0.3) is 0 Å². The summed E-state index contributed by atoms with van der Waals surface area (Å²) in [5, 5.41) is 4.16.